The molecule has 10 nitrogen and oxygen atoms in total. The Labute approximate surface area is 340 Å². The fraction of sp³-hybridized carbons (Fsp3) is 0.723. The topological polar surface area (TPSA) is 147 Å². The fourth-order valence-electron chi connectivity index (χ4n) is 13.9. The minimum absolute atomic E-state index is 0.0164. The first kappa shape index (κ1) is 41.6. The van der Waals surface area contributed by atoms with E-state index < -0.39 is 17.4 Å². The summed E-state index contributed by atoms with van der Waals surface area (Å²) in [6.45, 7) is 20.9. The maximum Gasteiger partial charge on any atom is 0.309 e. The highest BCUT2D eigenvalue weighted by Gasteiger charge is 2.70. The predicted molar refractivity (Wildman–Crippen MR) is 220 cm³/mol. The molecule has 3 N–H and O–H groups in total. The van der Waals surface area contributed by atoms with Gasteiger partial charge in [0.25, 0.3) is 0 Å². The quantitative estimate of drug-likeness (QED) is 0.213. The van der Waals surface area contributed by atoms with Crippen molar-refractivity contribution in [3.05, 3.63) is 41.2 Å². The number of carbonyl (C=O) groups is 3. The number of carboxylic acid groups (broad SMARTS) is 1. The van der Waals surface area contributed by atoms with Crippen LogP contribution in [0.2, 0.25) is 0 Å². The molecule has 5 aliphatic carbocycles. The van der Waals surface area contributed by atoms with Crippen LogP contribution in [0.1, 0.15) is 132 Å². The van der Waals surface area contributed by atoms with Gasteiger partial charge in [0.2, 0.25) is 0 Å². The van der Waals surface area contributed by atoms with Crippen LogP contribution in [-0.2, 0) is 32.1 Å². The maximum absolute atomic E-state index is 14.3. The third-order valence-electron chi connectivity index (χ3n) is 17.0. The Morgan fingerprint density at radius 2 is 1.65 bits per heavy atom. The number of carboxylic acids is 1. The number of allylic oxidation sites excluding steroid dienone is 2. The van der Waals surface area contributed by atoms with E-state index >= 15 is 0 Å². The molecule has 10 heteroatoms. The SMILES string of the molecule is COc1ccc(-c2nnc(C[C@@]34CC[C@]5(C)[C@H](CCC6[C@@]7(C)CC[C@H](OC(=O)CC(C)(C)C(=O)O)C(C)(C)C7CC[C@]65C)C3=C(C(C)C)C(=O)C4)n2CCN)cc1. The molecule has 0 amide bonds. The standard InChI is InChI=1S/C47H68N4O6/c1-28(2)38-32(52)25-47(26-36-49-50-40(51(36)24-23-48)29-11-13-30(56-10)14-12-29)22-21-45(8)31(39(38)47)15-16-34-44(7)19-18-35(57-37(53)27-42(3,4)41(54)55)43(5,6)33(44)17-20-46(34,45)9/h11-14,28,31,33-35H,15-27,48H2,1-10H3,(H,54,55)/t31-,33?,34?,35+,44+,45-,46-,47+/m1/s1. The van der Waals surface area contributed by atoms with Crippen molar-refractivity contribution < 1.29 is 29.0 Å². The molecule has 0 aliphatic heterocycles. The van der Waals surface area contributed by atoms with Crippen molar-refractivity contribution in [1.82, 2.24) is 14.8 Å². The number of fused-ring (bicyclic) bond motifs is 7. The second kappa shape index (κ2) is 14.3. The maximum atomic E-state index is 14.3. The summed E-state index contributed by atoms with van der Waals surface area (Å²) in [6.07, 6.45) is 8.95. The number of hydrogen-bond donors (Lipinski definition) is 2. The minimum atomic E-state index is -1.17. The van der Waals surface area contributed by atoms with E-state index in [2.05, 4.69) is 53.0 Å². The molecule has 4 fully saturated rings. The molecule has 4 saturated carbocycles. The summed E-state index contributed by atoms with van der Waals surface area (Å²) in [4.78, 5) is 39.3. The zero-order valence-corrected chi connectivity index (χ0v) is 36.3. The van der Waals surface area contributed by atoms with Gasteiger partial charge in [0.1, 0.15) is 17.7 Å². The number of methoxy groups -OCH3 is 1. The van der Waals surface area contributed by atoms with Gasteiger partial charge in [0, 0.05) is 42.3 Å². The summed E-state index contributed by atoms with van der Waals surface area (Å²) in [5.41, 5.74) is 8.13. The lowest BCUT2D eigenvalue weighted by Crippen LogP contribution is -2.65. The Kier molecular flexibility index (Phi) is 10.5. The van der Waals surface area contributed by atoms with E-state index in [0.29, 0.717) is 49.5 Å². The molecule has 0 radical (unpaired) electrons. The molecule has 0 bridgehead atoms. The van der Waals surface area contributed by atoms with E-state index in [1.54, 1.807) is 21.0 Å². The summed E-state index contributed by atoms with van der Waals surface area (Å²) >= 11 is 0. The van der Waals surface area contributed by atoms with Crippen molar-refractivity contribution in [2.24, 2.45) is 61.9 Å². The van der Waals surface area contributed by atoms with Gasteiger partial charge in [0.05, 0.1) is 18.9 Å². The van der Waals surface area contributed by atoms with Crippen LogP contribution in [0.3, 0.4) is 0 Å². The second-order valence-corrected chi connectivity index (χ2v) is 21.0. The van der Waals surface area contributed by atoms with Crippen LogP contribution in [0.25, 0.3) is 11.4 Å². The third-order valence-corrected chi connectivity index (χ3v) is 17.0. The number of aliphatic carboxylic acids is 1. The predicted octanol–water partition coefficient (Wildman–Crippen LogP) is 8.85. The largest absolute Gasteiger partial charge is 0.497 e. The van der Waals surface area contributed by atoms with E-state index in [9.17, 15) is 19.5 Å². The minimum Gasteiger partial charge on any atom is -0.497 e. The zero-order chi connectivity index (χ0) is 41.5. The van der Waals surface area contributed by atoms with Gasteiger partial charge in [-0.2, -0.15) is 0 Å². The molecule has 1 heterocycles. The van der Waals surface area contributed by atoms with Gasteiger partial charge in [-0.15, -0.1) is 10.2 Å². The summed E-state index contributed by atoms with van der Waals surface area (Å²) in [5.74, 6) is 2.73. The normalized spacial score (nSPS) is 34.6. The number of aromatic nitrogens is 3. The van der Waals surface area contributed by atoms with Crippen LogP contribution in [-0.4, -0.2) is 57.4 Å². The lowest BCUT2D eigenvalue weighted by Gasteiger charge is -2.72. The molecule has 0 spiro atoms. The van der Waals surface area contributed by atoms with Crippen LogP contribution in [0.4, 0.5) is 0 Å². The Hall–Kier alpha value is -3.53. The van der Waals surface area contributed by atoms with E-state index in [-0.39, 0.29) is 45.5 Å². The summed E-state index contributed by atoms with van der Waals surface area (Å²) < 4.78 is 13.8. The Bertz CT molecular complexity index is 1950. The van der Waals surface area contributed by atoms with Gasteiger partial charge in [0.15, 0.2) is 11.6 Å². The van der Waals surface area contributed by atoms with Gasteiger partial charge in [-0.25, -0.2) is 0 Å². The van der Waals surface area contributed by atoms with Crippen LogP contribution in [0.15, 0.2) is 35.4 Å². The number of hydrogen-bond acceptors (Lipinski definition) is 8. The van der Waals surface area contributed by atoms with Gasteiger partial charge >= 0.3 is 11.9 Å². The molecule has 1 aromatic carbocycles. The molecular weight excluding hydrogens is 717 g/mol. The third kappa shape index (κ3) is 6.40. The van der Waals surface area contributed by atoms with Crippen LogP contribution >= 0.6 is 0 Å². The van der Waals surface area contributed by atoms with Crippen LogP contribution in [0, 0.1) is 56.2 Å². The number of nitrogens with two attached hydrogens (primary N) is 1. The fourth-order valence-corrected chi connectivity index (χ4v) is 13.9. The van der Waals surface area contributed by atoms with Crippen molar-refractivity contribution in [2.45, 2.75) is 146 Å². The van der Waals surface area contributed by atoms with E-state index in [4.69, 9.17) is 25.4 Å². The van der Waals surface area contributed by atoms with Gasteiger partial charge < -0.3 is 24.9 Å². The first-order chi connectivity index (χ1) is 26.7. The smallest absolute Gasteiger partial charge is 0.309 e. The molecule has 312 valence electrons. The molecule has 8 atom stereocenters. The van der Waals surface area contributed by atoms with Crippen molar-refractivity contribution in [3.63, 3.8) is 0 Å². The Morgan fingerprint density at radius 3 is 2.28 bits per heavy atom. The van der Waals surface area contributed by atoms with Gasteiger partial charge in [-0.05, 0) is 135 Å². The number of carbonyl (C=O) groups excluding carboxylic acids is 2. The molecule has 5 aliphatic rings. The number of rotatable bonds is 11. The summed E-state index contributed by atoms with van der Waals surface area (Å²) in [6, 6.07) is 7.92. The van der Waals surface area contributed by atoms with E-state index in [1.165, 1.54) is 5.57 Å². The first-order valence-corrected chi connectivity index (χ1v) is 21.7. The van der Waals surface area contributed by atoms with Crippen molar-refractivity contribution in [2.75, 3.05) is 13.7 Å². The average Bonchev–Trinajstić information content (AvgIpc) is 3.66. The molecule has 1 aromatic heterocycles. The van der Waals surface area contributed by atoms with Crippen molar-refractivity contribution >= 4 is 17.7 Å². The number of benzene rings is 1. The number of Topliss-reactive ketones (excluding diaryl/α,β-unsaturated/α-hetero) is 1. The lowest BCUT2D eigenvalue weighted by molar-refractivity contribution is -0.233. The summed E-state index contributed by atoms with van der Waals surface area (Å²) in [7, 11) is 1.66. The Morgan fingerprint density at radius 1 is 0.947 bits per heavy atom. The van der Waals surface area contributed by atoms with Crippen molar-refractivity contribution in [1.29, 1.82) is 0 Å². The average molecular weight is 785 g/mol. The molecule has 0 saturated heterocycles. The number of esters is 1. The first-order valence-electron chi connectivity index (χ1n) is 21.7. The van der Waals surface area contributed by atoms with Gasteiger partial charge in [-0.1, -0.05) is 54.0 Å². The van der Waals surface area contributed by atoms with Crippen LogP contribution < -0.4 is 10.5 Å². The van der Waals surface area contributed by atoms with Crippen molar-refractivity contribution in [3.8, 4) is 17.1 Å². The lowest BCUT2D eigenvalue weighted by atomic mass is 9.33. The molecule has 2 unspecified atom stereocenters. The Balaban J connectivity index is 1.20. The van der Waals surface area contributed by atoms with Crippen LogP contribution in [0.5, 0.6) is 5.75 Å². The molecular formula is C47H68N4O6. The van der Waals surface area contributed by atoms with E-state index in [1.807, 2.05) is 24.3 Å². The van der Waals surface area contributed by atoms with E-state index in [0.717, 1.165) is 79.9 Å². The molecule has 57 heavy (non-hydrogen) atoms. The monoisotopic (exact) mass is 785 g/mol. The summed E-state index contributed by atoms with van der Waals surface area (Å²) in [5, 5.41) is 19.2. The highest BCUT2D eigenvalue weighted by Crippen LogP contribution is 2.77. The zero-order valence-electron chi connectivity index (χ0n) is 36.3. The molecule has 7 rings (SSSR count). The number of ketones is 1. The molecule has 2 aromatic rings. The second-order valence-electron chi connectivity index (χ2n) is 21.0. The number of nitrogens with zero attached hydrogens (tertiary/aromatic N) is 3. The highest BCUT2D eigenvalue weighted by molar-refractivity contribution is 6.00. The highest BCUT2D eigenvalue weighted by atomic mass is 16.5. The van der Waals surface area contributed by atoms with Gasteiger partial charge in [-0.3, -0.25) is 14.4 Å². The number of ether oxygens (including phenoxy) is 2.